The van der Waals surface area contributed by atoms with E-state index in [1.54, 1.807) is 24.3 Å². The number of carbonyl (C=O) groups is 2. The van der Waals surface area contributed by atoms with Gasteiger partial charge in [0.05, 0.1) is 12.7 Å². The smallest absolute Gasteiger partial charge is 0.338 e. The molecule has 3 rings (SSSR count). The van der Waals surface area contributed by atoms with Crippen molar-refractivity contribution >= 4 is 17.6 Å². The molecular weight excluding hydrogens is 313 g/mol. The summed E-state index contributed by atoms with van der Waals surface area (Å²) in [6.45, 7) is -0.0342. The van der Waals surface area contributed by atoms with Crippen LogP contribution in [0.1, 0.15) is 27.9 Å². The Hall–Kier alpha value is -2.89. The summed E-state index contributed by atoms with van der Waals surface area (Å²) < 4.78 is 23.7. The van der Waals surface area contributed by atoms with Crippen LogP contribution < -0.4 is 10.1 Å². The minimum absolute atomic E-state index is 0.0284. The topological polar surface area (TPSA) is 64.6 Å². The Morgan fingerprint density at radius 1 is 1.21 bits per heavy atom. The molecule has 0 unspecified atom stereocenters. The molecule has 24 heavy (non-hydrogen) atoms. The Morgan fingerprint density at radius 3 is 2.79 bits per heavy atom. The second-order valence-corrected chi connectivity index (χ2v) is 5.47. The number of aryl methyl sites for hydroxylation is 1. The molecule has 0 aliphatic carbocycles. The third-order valence-electron chi connectivity index (χ3n) is 3.82. The standard InChI is InChI=1S/C18H16FNO4/c1-23-16-6-2-11(8-14(16)19)10-24-18(22)13-3-5-15-12(9-13)4-7-17(21)20-15/h2-3,5-6,8-9H,4,7,10H2,1H3,(H,20,21). The Morgan fingerprint density at radius 2 is 2.04 bits per heavy atom. The number of carbonyl (C=O) groups excluding carboxylic acids is 2. The molecule has 0 bridgehead atoms. The zero-order chi connectivity index (χ0) is 17.1. The third-order valence-corrected chi connectivity index (χ3v) is 3.82. The lowest BCUT2D eigenvalue weighted by atomic mass is 10.0. The maximum atomic E-state index is 13.6. The van der Waals surface area contributed by atoms with Crippen LogP contribution in [0.25, 0.3) is 0 Å². The monoisotopic (exact) mass is 329 g/mol. The van der Waals surface area contributed by atoms with Crippen LogP contribution in [-0.2, 0) is 22.6 Å². The van der Waals surface area contributed by atoms with Crippen molar-refractivity contribution in [3.05, 3.63) is 58.9 Å². The minimum Gasteiger partial charge on any atom is -0.494 e. The largest absolute Gasteiger partial charge is 0.494 e. The van der Waals surface area contributed by atoms with Gasteiger partial charge >= 0.3 is 5.97 Å². The molecule has 0 atom stereocenters. The van der Waals surface area contributed by atoms with Crippen molar-refractivity contribution in [1.82, 2.24) is 0 Å². The number of rotatable bonds is 4. The molecule has 0 saturated heterocycles. The molecule has 0 saturated carbocycles. The summed E-state index contributed by atoms with van der Waals surface area (Å²) in [7, 11) is 1.39. The number of benzene rings is 2. The Bertz CT molecular complexity index is 804. The molecule has 2 aromatic carbocycles. The van der Waals surface area contributed by atoms with E-state index in [4.69, 9.17) is 9.47 Å². The van der Waals surface area contributed by atoms with Gasteiger partial charge in [0.2, 0.25) is 5.91 Å². The SMILES string of the molecule is COc1ccc(COC(=O)c2ccc3c(c2)CCC(=O)N3)cc1F. The van der Waals surface area contributed by atoms with Crippen LogP contribution >= 0.6 is 0 Å². The van der Waals surface area contributed by atoms with Crippen molar-refractivity contribution in [2.45, 2.75) is 19.4 Å². The molecule has 6 heteroatoms. The molecule has 0 aromatic heterocycles. The highest BCUT2D eigenvalue weighted by Gasteiger charge is 2.17. The maximum Gasteiger partial charge on any atom is 0.338 e. The van der Waals surface area contributed by atoms with Crippen molar-refractivity contribution in [2.24, 2.45) is 0 Å². The Kier molecular flexibility index (Phi) is 4.46. The van der Waals surface area contributed by atoms with Gasteiger partial charge in [-0.25, -0.2) is 9.18 Å². The molecule has 1 heterocycles. The van der Waals surface area contributed by atoms with E-state index in [2.05, 4.69) is 5.32 Å². The maximum absolute atomic E-state index is 13.6. The summed E-state index contributed by atoms with van der Waals surface area (Å²) >= 11 is 0. The average molecular weight is 329 g/mol. The van der Waals surface area contributed by atoms with Crippen LogP contribution in [0.3, 0.4) is 0 Å². The van der Waals surface area contributed by atoms with E-state index < -0.39 is 11.8 Å². The Labute approximate surface area is 138 Å². The fourth-order valence-corrected chi connectivity index (χ4v) is 2.54. The molecular formula is C18H16FNO4. The second-order valence-electron chi connectivity index (χ2n) is 5.47. The Balaban J connectivity index is 1.67. The third kappa shape index (κ3) is 3.37. The number of amides is 1. The van der Waals surface area contributed by atoms with Gasteiger partial charge < -0.3 is 14.8 Å². The van der Waals surface area contributed by atoms with Crippen molar-refractivity contribution in [3.8, 4) is 5.75 Å². The van der Waals surface area contributed by atoms with E-state index in [1.807, 2.05) is 0 Å². The lowest BCUT2D eigenvalue weighted by Crippen LogP contribution is -2.19. The normalized spacial score (nSPS) is 13.0. The number of ether oxygens (including phenoxy) is 2. The quantitative estimate of drug-likeness (QED) is 0.876. The first kappa shape index (κ1) is 16.0. The zero-order valence-electron chi connectivity index (χ0n) is 13.1. The first-order valence-electron chi connectivity index (χ1n) is 7.49. The molecule has 124 valence electrons. The second kappa shape index (κ2) is 6.70. The molecule has 1 amide bonds. The number of nitrogens with one attached hydrogen (secondary N) is 1. The summed E-state index contributed by atoms with van der Waals surface area (Å²) in [4.78, 5) is 23.5. The molecule has 1 aliphatic rings. The van der Waals surface area contributed by atoms with Crippen molar-refractivity contribution in [2.75, 3.05) is 12.4 Å². The predicted molar refractivity (Wildman–Crippen MR) is 85.5 cm³/mol. The number of methoxy groups -OCH3 is 1. The highest BCUT2D eigenvalue weighted by Crippen LogP contribution is 2.24. The van der Waals surface area contributed by atoms with Crippen molar-refractivity contribution in [1.29, 1.82) is 0 Å². The van der Waals surface area contributed by atoms with Crippen LogP contribution in [0.4, 0.5) is 10.1 Å². The highest BCUT2D eigenvalue weighted by molar-refractivity contribution is 5.96. The van der Waals surface area contributed by atoms with Crippen LogP contribution in [0.2, 0.25) is 0 Å². The van der Waals surface area contributed by atoms with Gasteiger partial charge in [-0.2, -0.15) is 0 Å². The molecule has 0 radical (unpaired) electrons. The lowest BCUT2D eigenvalue weighted by molar-refractivity contribution is -0.116. The van der Waals surface area contributed by atoms with Gasteiger partial charge in [0.15, 0.2) is 11.6 Å². The highest BCUT2D eigenvalue weighted by atomic mass is 19.1. The van der Waals surface area contributed by atoms with E-state index >= 15 is 0 Å². The fraction of sp³-hybridized carbons (Fsp3) is 0.222. The van der Waals surface area contributed by atoms with Gasteiger partial charge in [0.1, 0.15) is 6.61 Å². The van der Waals surface area contributed by atoms with Crippen LogP contribution in [-0.4, -0.2) is 19.0 Å². The summed E-state index contributed by atoms with van der Waals surface area (Å²) in [5, 5.41) is 2.76. The molecule has 5 nitrogen and oxygen atoms in total. The lowest BCUT2D eigenvalue weighted by Gasteiger charge is -2.17. The number of hydrogen-bond acceptors (Lipinski definition) is 4. The minimum atomic E-state index is -0.504. The summed E-state index contributed by atoms with van der Waals surface area (Å²) in [5.74, 6) is -0.886. The van der Waals surface area contributed by atoms with Gasteiger partial charge in [0, 0.05) is 12.1 Å². The summed E-state index contributed by atoms with van der Waals surface area (Å²) in [5.41, 5.74) is 2.56. The molecule has 1 aliphatic heterocycles. The number of halogens is 1. The van der Waals surface area contributed by atoms with Crippen molar-refractivity contribution < 1.29 is 23.5 Å². The van der Waals surface area contributed by atoms with Gasteiger partial charge in [-0.05, 0) is 47.9 Å². The van der Waals surface area contributed by atoms with E-state index in [-0.39, 0.29) is 18.3 Å². The van der Waals surface area contributed by atoms with Crippen LogP contribution in [0.15, 0.2) is 36.4 Å². The first-order valence-corrected chi connectivity index (χ1v) is 7.49. The first-order chi connectivity index (χ1) is 11.6. The van der Waals surface area contributed by atoms with Gasteiger partial charge in [0.25, 0.3) is 0 Å². The van der Waals surface area contributed by atoms with Crippen LogP contribution in [0, 0.1) is 5.82 Å². The molecule has 1 N–H and O–H groups in total. The van der Waals surface area contributed by atoms with Gasteiger partial charge in [-0.1, -0.05) is 6.07 Å². The van der Waals surface area contributed by atoms with E-state index in [0.29, 0.717) is 24.0 Å². The van der Waals surface area contributed by atoms with Crippen LogP contribution in [0.5, 0.6) is 5.75 Å². The number of hydrogen-bond donors (Lipinski definition) is 1. The molecule has 0 fully saturated rings. The van der Waals surface area contributed by atoms with Crippen molar-refractivity contribution in [3.63, 3.8) is 0 Å². The van der Waals surface area contributed by atoms with Gasteiger partial charge in [-0.3, -0.25) is 4.79 Å². The predicted octanol–water partition coefficient (Wildman–Crippen LogP) is 3.08. The van der Waals surface area contributed by atoms with E-state index in [0.717, 1.165) is 11.3 Å². The van der Waals surface area contributed by atoms with E-state index in [9.17, 15) is 14.0 Å². The number of esters is 1. The summed E-state index contributed by atoms with van der Waals surface area (Å²) in [6.07, 6.45) is 0.989. The zero-order valence-corrected chi connectivity index (χ0v) is 13.1. The van der Waals surface area contributed by atoms with E-state index in [1.165, 1.54) is 19.2 Å². The number of fused-ring (bicyclic) bond motifs is 1. The fourth-order valence-electron chi connectivity index (χ4n) is 2.54. The van der Waals surface area contributed by atoms with Gasteiger partial charge in [-0.15, -0.1) is 0 Å². The molecule has 2 aromatic rings. The summed E-state index contributed by atoms with van der Waals surface area (Å²) in [6, 6.07) is 9.40. The molecule has 0 spiro atoms. The number of anilines is 1. The average Bonchev–Trinajstić information content (AvgIpc) is 2.59.